The van der Waals surface area contributed by atoms with Crippen LogP contribution < -0.4 is 9.64 Å². The van der Waals surface area contributed by atoms with Crippen LogP contribution in [-0.2, 0) is 0 Å². The van der Waals surface area contributed by atoms with Crippen LogP contribution in [0.5, 0.6) is 5.75 Å². The van der Waals surface area contributed by atoms with E-state index in [1.54, 1.807) is 7.11 Å². The van der Waals surface area contributed by atoms with Crippen LogP contribution in [0.3, 0.4) is 0 Å². The van der Waals surface area contributed by atoms with Gasteiger partial charge < -0.3 is 14.7 Å². The molecule has 1 saturated carbocycles. The van der Waals surface area contributed by atoms with E-state index in [1.807, 2.05) is 12.1 Å². The third kappa shape index (κ3) is 2.71. The minimum Gasteiger partial charge on any atom is -0.497 e. The van der Waals surface area contributed by atoms with Crippen LogP contribution in [-0.4, -0.2) is 30.9 Å². The molecule has 118 valence electrons. The van der Waals surface area contributed by atoms with E-state index < -0.39 is 5.60 Å². The van der Waals surface area contributed by atoms with Gasteiger partial charge in [-0.3, -0.25) is 0 Å². The zero-order valence-electron chi connectivity index (χ0n) is 13.2. The van der Waals surface area contributed by atoms with E-state index in [0.717, 1.165) is 38.0 Å². The Morgan fingerprint density at radius 2 is 2.09 bits per heavy atom. The predicted octanol–water partition coefficient (Wildman–Crippen LogP) is 1.47. The average Bonchev–Trinajstić information content (AvgIpc) is 2.55. The molecule has 0 bridgehead atoms. The van der Waals surface area contributed by atoms with Gasteiger partial charge in [0.2, 0.25) is 0 Å². The number of methoxy groups -OCH3 is 1. The minimum absolute atomic E-state index is 0.213. The highest BCUT2D eigenvalue weighted by atomic mass is 16.5. The first-order valence-electron chi connectivity index (χ1n) is 8.26. The van der Waals surface area contributed by atoms with E-state index in [9.17, 15) is 10.4 Å². The summed E-state index contributed by atoms with van der Waals surface area (Å²) >= 11 is 0. The number of likely N-dealkylation sites (tertiary alicyclic amines) is 1. The second-order valence-corrected chi connectivity index (χ2v) is 6.70. The maximum absolute atomic E-state index is 11.1. The number of quaternary nitrogens is 1. The lowest BCUT2D eigenvalue weighted by Gasteiger charge is -2.49. The zero-order chi connectivity index (χ0) is 15.6. The SMILES string of the molecule is COc1ccc([C@H]2[C@@H]3CCCC[C@]3(O)CC[NH+]2CC#N)cc1. The van der Waals surface area contributed by atoms with Gasteiger partial charge in [0.15, 0.2) is 6.54 Å². The molecule has 0 aromatic heterocycles. The third-order valence-electron chi connectivity index (χ3n) is 5.57. The summed E-state index contributed by atoms with van der Waals surface area (Å²) in [5, 5.41) is 20.3. The molecule has 0 spiro atoms. The topological polar surface area (TPSA) is 57.7 Å². The van der Waals surface area contributed by atoms with Crippen molar-refractivity contribution in [2.24, 2.45) is 5.92 Å². The van der Waals surface area contributed by atoms with Crippen LogP contribution in [0.15, 0.2) is 24.3 Å². The number of hydrogen-bond acceptors (Lipinski definition) is 3. The van der Waals surface area contributed by atoms with Crippen LogP contribution in [0.2, 0.25) is 0 Å². The molecule has 1 aliphatic heterocycles. The van der Waals surface area contributed by atoms with E-state index in [0.29, 0.717) is 6.54 Å². The first-order valence-corrected chi connectivity index (χ1v) is 8.26. The fourth-order valence-electron chi connectivity index (χ4n) is 4.43. The summed E-state index contributed by atoms with van der Waals surface area (Å²) in [7, 11) is 1.67. The van der Waals surface area contributed by atoms with Crippen molar-refractivity contribution in [1.82, 2.24) is 0 Å². The van der Waals surface area contributed by atoms with Gasteiger partial charge >= 0.3 is 0 Å². The van der Waals surface area contributed by atoms with Crippen molar-refractivity contribution in [3.8, 4) is 11.8 Å². The Balaban J connectivity index is 1.94. The molecule has 1 aromatic rings. The molecule has 0 amide bonds. The standard InChI is InChI=1S/C18H24N2O2/c1-22-15-7-5-14(6-8-15)17-16-4-2-3-9-18(16,21)10-12-20(17)13-11-19/h5-8,16-17,21H,2-4,9-10,12-13H2,1H3/p+1/t16-,17-,18-/m0/s1. The number of benzene rings is 1. The van der Waals surface area contributed by atoms with Crippen molar-refractivity contribution < 1.29 is 14.7 Å². The highest BCUT2D eigenvalue weighted by Crippen LogP contribution is 2.44. The van der Waals surface area contributed by atoms with E-state index >= 15 is 0 Å². The fourth-order valence-corrected chi connectivity index (χ4v) is 4.43. The van der Waals surface area contributed by atoms with Gasteiger partial charge in [0.05, 0.1) is 19.3 Å². The van der Waals surface area contributed by atoms with Gasteiger partial charge in [-0.05, 0) is 37.1 Å². The number of nitrogens with zero attached hydrogens (tertiary/aromatic N) is 1. The quantitative estimate of drug-likeness (QED) is 0.831. The number of aliphatic hydroxyl groups is 1. The van der Waals surface area contributed by atoms with Crippen molar-refractivity contribution in [2.75, 3.05) is 20.2 Å². The Morgan fingerprint density at radius 1 is 1.32 bits per heavy atom. The molecular weight excluding hydrogens is 276 g/mol. The average molecular weight is 301 g/mol. The fraction of sp³-hybridized carbons (Fsp3) is 0.611. The molecule has 2 N–H and O–H groups in total. The lowest BCUT2D eigenvalue weighted by molar-refractivity contribution is -0.938. The highest BCUT2D eigenvalue weighted by molar-refractivity contribution is 5.29. The summed E-state index contributed by atoms with van der Waals surface area (Å²) in [6.45, 7) is 1.38. The molecule has 1 aromatic carbocycles. The van der Waals surface area contributed by atoms with Gasteiger partial charge in [0.25, 0.3) is 0 Å². The Labute approximate surface area is 132 Å². The molecule has 4 nitrogen and oxygen atoms in total. The van der Waals surface area contributed by atoms with Crippen molar-refractivity contribution in [3.05, 3.63) is 29.8 Å². The van der Waals surface area contributed by atoms with Crippen LogP contribution in [0.25, 0.3) is 0 Å². The lowest BCUT2D eigenvalue weighted by Crippen LogP contribution is -3.15. The molecule has 3 rings (SSSR count). The summed E-state index contributed by atoms with van der Waals surface area (Å²) in [5.74, 6) is 1.10. The third-order valence-corrected chi connectivity index (χ3v) is 5.57. The maximum atomic E-state index is 11.1. The van der Waals surface area contributed by atoms with Crippen molar-refractivity contribution in [3.63, 3.8) is 0 Å². The Hall–Kier alpha value is -1.57. The summed E-state index contributed by atoms with van der Waals surface area (Å²) in [5.41, 5.74) is 0.679. The number of ether oxygens (including phenoxy) is 1. The van der Waals surface area contributed by atoms with Crippen molar-refractivity contribution in [2.45, 2.75) is 43.7 Å². The molecule has 0 radical (unpaired) electrons. The van der Waals surface area contributed by atoms with Gasteiger partial charge in [0.1, 0.15) is 17.9 Å². The Kier molecular flexibility index (Phi) is 4.37. The van der Waals surface area contributed by atoms with Gasteiger partial charge in [-0.2, -0.15) is 5.26 Å². The van der Waals surface area contributed by atoms with Crippen LogP contribution in [0, 0.1) is 17.2 Å². The lowest BCUT2D eigenvalue weighted by atomic mass is 9.66. The van der Waals surface area contributed by atoms with Crippen molar-refractivity contribution >= 4 is 0 Å². The Bertz CT molecular complexity index is 551. The maximum Gasteiger partial charge on any atom is 0.165 e. The molecule has 22 heavy (non-hydrogen) atoms. The zero-order valence-corrected chi connectivity index (χ0v) is 13.2. The summed E-state index contributed by atoms with van der Waals surface area (Å²) in [6.07, 6.45) is 5.09. The summed E-state index contributed by atoms with van der Waals surface area (Å²) < 4.78 is 5.25. The first-order chi connectivity index (χ1) is 10.7. The smallest absolute Gasteiger partial charge is 0.165 e. The van der Waals surface area contributed by atoms with E-state index in [1.165, 1.54) is 16.9 Å². The first kappa shape index (κ1) is 15.3. The predicted molar refractivity (Wildman–Crippen MR) is 83.6 cm³/mol. The normalized spacial score (nSPS) is 34.5. The van der Waals surface area contributed by atoms with Gasteiger partial charge in [0, 0.05) is 17.9 Å². The number of hydrogen-bond donors (Lipinski definition) is 2. The van der Waals surface area contributed by atoms with E-state index in [2.05, 4.69) is 18.2 Å². The minimum atomic E-state index is -0.540. The number of nitriles is 1. The second kappa shape index (κ2) is 6.28. The number of rotatable bonds is 3. The van der Waals surface area contributed by atoms with Crippen LogP contribution >= 0.6 is 0 Å². The summed E-state index contributed by atoms with van der Waals surface area (Å²) in [6, 6.07) is 10.7. The molecule has 1 unspecified atom stereocenters. The Morgan fingerprint density at radius 3 is 2.77 bits per heavy atom. The molecule has 1 saturated heterocycles. The second-order valence-electron chi connectivity index (χ2n) is 6.70. The number of fused-ring (bicyclic) bond motifs is 1. The number of nitrogens with one attached hydrogen (secondary N) is 1. The van der Waals surface area contributed by atoms with E-state index in [4.69, 9.17) is 4.74 Å². The molecule has 4 heteroatoms. The highest BCUT2D eigenvalue weighted by Gasteiger charge is 2.51. The van der Waals surface area contributed by atoms with Crippen LogP contribution in [0.1, 0.15) is 43.7 Å². The molecule has 2 fully saturated rings. The van der Waals surface area contributed by atoms with Crippen molar-refractivity contribution in [1.29, 1.82) is 5.26 Å². The summed E-state index contributed by atoms with van der Waals surface area (Å²) in [4.78, 5) is 1.30. The van der Waals surface area contributed by atoms with E-state index in [-0.39, 0.29) is 12.0 Å². The molecular formula is C18H25N2O2+. The largest absolute Gasteiger partial charge is 0.497 e. The molecule has 2 aliphatic rings. The van der Waals surface area contributed by atoms with Gasteiger partial charge in [-0.1, -0.05) is 12.8 Å². The van der Waals surface area contributed by atoms with Gasteiger partial charge in [-0.25, -0.2) is 0 Å². The monoisotopic (exact) mass is 301 g/mol. The number of piperidine rings is 1. The molecule has 4 atom stereocenters. The molecule has 1 aliphatic carbocycles. The molecule has 1 heterocycles. The van der Waals surface area contributed by atoms with Crippen LogP contribution in [0.4, 0.5) is 0 Å². The van der Waals surface area contributed by atoms with Gasteiger partial charge in [-0.15, -0.1) is 0 Å².